The summed E-state index contributed by atoms with van der Waals surface area (Å²) >= 11 is 0. The van der Waals surface area contributed by atoms with Gasteiger partial charge in [-0.05, 0) is 18.6 Å². The molecule has 0 radical (unpaired) electrons. The Morgan fingerprint density at radius 2 is 2.00 bits per heavy atom. The molecule has 3 rings (SSSR count). The van der Waals surface area contributed by atoms with E-state index in [9.17, 15) is 9.59 Å². The molecule has 0 atom stereocenters. The van der Waals surface area contributed by atoms with Gasteiger partial charge in [0.2, 0.25) is 11.8 Å². The van der Waals surface area contributed by atoms with Gasteiger partial charge in [0.05, 0.1) is 32.4 Å². The molecule has 0 spiro atoms. The maximum absolute atomic E-state index is 13.2. The van der Waals surface area contributed by atoms with E-state index in [1.54, 1.807) is 30.1 Å². The summed E-state index contributed by atoms with van der Waals surface area (Å²) < 4.78 is 12.2. The number of rotatable bonds is 12. The van der Waals surface area contributed by atoms with Gasteiger partial charge in [0.15, 0.2) is 11.5 Å². The molecule has 0 saturated carbocycles. The van der Waals surface area contributed by atoms with E-state index in [-0.39, 0.29) is 37.0 Å². The van der Waals surface area contributed by atoms with E-state index in [4.69, 9.17) is 14.6 Å². The second-order valence-electron chi connectivity index (χ2n) is 7.11. The fourth-order valence-corrected chi connectivity index (χ4v) is 3.11. The number of fused-ring (bicyclic) bond motifs is 1. The average Bonchev–Trinajstić information content (AvgIpc) is 2.85. The van der Waals surface area contributed by atoms with Crippen LogP contribution in [-0.4, -0.2) is 70.6 Å². The van der Waals surface area contributed by atoms with Gasteiger partial charge in [-0.2, -0.15) is 0 Å². The van der Waals surface area contributed by atoms with Crippen LogP contribution in [0.2, 0.25) is 0 Å². The Morgan fingerprint density at radius 3 is 2.70 bits per heavy atom. The molecule has 3 aromatic heterocycles. The topological polar surface area (TPSA) is 140 Å². The number of carbonyl (C=O) groups is 1. The predicted molar refractivity (Wildman–Crippen MR) is 123 cm³/mol. The van der Waals surface area contributed by atoms with E-state index >= 15 is 0 Å². The lowest BCUT2D eigenvalue weighted by Crippen LogP contribution is -2.34. The van der Waals surface area contributed by atoms with E-state index in [0.29, 0.717) is 36.8 Å². The molecule has 0 aliphatic carbocycles. The lowest BCUT2D eigenvalue weighted by molar-refractivity contribution is -0.119. The number of methoxy groups -OCH3 is 1. The number of aliphatic hydroxyl groups is 1. The van der Waals surface area contributed by atoms with E-state index in [2.05, 4.69) is 25.6 Å². The first-order valence-corrected chi connectivity index (χ1v) is 10.7. The highest BCUT2D eigenvalue weighted by molar-refractivity contribution is 5.81. The quantitative estimate of drug-likeness (QED) is 0.338. The summed E-state index contributed by atoms with van der Waals surface area (Å²) in [7, 11) is 1.55. The van der Waals surface area contributed by atoms with Crippen molar-refractivity contribution in [2.45, 2.75) is 19.9 Å². The molecule has 176 valence electrons. The Kier molecular flexibility index (Phi) is 8.67. The van der Waals surface area contributed by atoms with Crippen LogP contribution in [0.4, 0.5) is 5.82 Å². The summed E-state index contributed by atoms with van der Waals surface area (Å²) in [6.45, 7) is 3.06. The molecule has 0 aliphatic heterocycles. The Labute approximate surface area is 190 Å². The summed E-state index contributed by atoms with van der Waals surface area (Å²) in [5, 5.41) is 14.1. The van der Waals surface area contributed by atoms with Gasteiger partial charge in [-0.1, -0.05) is 6.92 Å². The normalized spacial score (nSPS) is 10.9. The van der Waals surface area contributed by atoms with Crippen molar-refractivity contribution in [3.05, 3.63) is 40.9 Å². The zero-order chi connectivity index (χ0) is 23.6. The van der Waals surface area contributed by atoms with Crippen LogP contribution in [0.1, 0.15) is 13.3 Å². The minimum Gasteiger partial charge on any atom is -0.481 e. The number of aromatic nitrogens is 4. The van der Waals surface area contributed by atoms with Crippen LogP contribution in [0.25, 0.3) is 22.3 Å². The molecule has 0 saturated heterocycles. The number of hydrogen-bond donors (Lipinski definition) is 3. The van der Waals surface area contributed by atoms with E-state index in [1.165, 1.54) is 0 Å². The highest BCUT2D eigenvalue weighted by atomic mass is 16.5. The molecular weight excluding hydrogens is 428 g/mol. The molecule has 0 unspecified atom stereocenters. The second-order valence-corrected chi connectivity index (χ2v) is 7.11. The van der Waals surface area contributed by atoms with Crippen molar-refractivity contribution in [3.63, 3.8) is 0 Å². The van der Waals surface area contributed by atoms with Gasteiger partial charge in [-0.3, -0.25) is 14.2 Å². The molecule has 3 heterocycles. The van der Waals surface area contributed by atoms with E-state index in [1.807, 2.05) is 19.1 Å². The molecule has 3 N–H and O–H groups in total. The van der Waals surface area contributed by atoms with Crippen molar-refractivity contribution >= 4 is 22.9 Å². The molecule has 0 bridgehead atoms. The minimum absolute atomic E-state index is 0.0171. The summed E-state index contributed by atoms with van der Waals surface area (Å²) in [6, 6.07) is 5.44. The fourth-order valence-electron chi connectivity index (χ4n) is 3.11. The maximum atomic E-state index is 13.2. The van der Waals surface area contributed by atoms with E-state index < -0.39 is 0 Å². The largest absolute Gasteiger partial charge is 0.481 e. The van der Waals surface area contributed by atoms with Gasteiger partial charge >= 0.3 is 0 Å². The van der Waals surface area contributed by atoms with Gasteiger partial charge < -0.3 is 25.2 Å². The number of anilines is 1. The zero-order valence-corrected chi connectivity index (χ0v) is 18.7. The average molecular weight is 457 g/mol. The van der Waals surface area contributed by atoms with Crippen LogP contribution < -0.4 is 20.9 Å². The third kappa shape index (κ3) is 6.24. The first-order chi connectivity index (χ1) is 16.1. The molecule has 3 aromatic rings. The van der Waals surface area contributed by atoms with Crippen molar-refractivity contribution < 1.29 is 19.4 Å². The fraction of sp³-hybridized carbons (Fsp3) is 0.409. The number of aliphatic hydroxyl groups excluding tert-OH is 1. The number of carbonyl (C=O) groups excluding carboxylic acids is 1. The molecule has 0 aromatic carbocycles. The molecular formula is C22H28N6O5. The molecule has 11 heteroatoms. The maximum Gasteiger partial charge on any atom is 0.293 e. The van der Waals surface area contributed by atoms with Crippen molar-refractivity contribution in [3.8, 4) is 17.0 Å². The lowest BCUT2D eigenvalue weighted by atomic mass is 10.1. The Morgan fingerprint density at radius 1 is 1.18 bits per heavy atom. The molecule has 0 fully saturated rings. The monoisotopic (exact) mass is 456 g/mol. The second kappa shape index (κ2) is 11.9. The van der Waals surface area contributed by atoms with Crippen LogP contribution in [0.15, 0.2) is 35.4 Å². The predicted octanol–water partition coefficient (Wildman–Crippen LogP) is 0.809. The standard InChI is InChI=1S/C22H28N6O5/c1-3-9-33-10-7-28-17-11-16(15-4-5-19(32-2)24-12-15)13-25-20(17)27-21(22(28)31)26-14-18(30)23-6-8-29/h4-5,11-13,29H,3,6-10,14H2,1-2H3,(H,23,30)(H,25,26,27). The molecule has 0 aliphatic rings. The van der Waals surface area contributed by atoms with E-state index in [0.717, 1.165) is 17.5 Å². The van der Waals surface area contributed by atoms with Crippen LogP contribution in [0.5, 0.6) is 5.88 Å². The Bertz CT molecular complexity index is 1130. The van der Waals surface area contributed by atoms with Crippen LogP contribution in [-0.2, 0) is 16.1 Å². The van der Waals surface area contributed by atoms with Crippen LogP contribution in [0, 0.1) is 0 Å². The van der Waals surface area contributed by atoms with Crippen molar-refractivity contribution in [1.82, 2.24) is 24.8 Å². The SMILES string of the molecule is CCCOCCn1c(=O)c(NCC(=O)NCCO)nc2ncc(-c3ccc(OC)nc3)cc21. The third-order valence-electron chi connectivity index (χ3n) is 4.74. The Balaban J connectivity index is 1.96. The van der Waals surface area contributed by atoms with Gasteiger partial charge in [-0.15, -0.1) is 0 Å². The summed E-state index contributed by atoms with van der Waals surface area (Å²) in [4.78, 5) is 38.0. The van der Waals surface area contributed by atoms with Gasteiger partial charge in [0, 0.05) is 49.3 Å². The van der Waals surface area contributed by atoms with Crippen molar-refractivity contribution in [1.29, 1.82) is 0 Å². The molecule has 33 heavy (non-hydrogen) atoms. The highest BCUT2D eigenvalue weighted by Gasteiger charge is 2.14. The minimum atomic E-state index is -0.385. The Hall–Kier alpha value is -3.57. The number of pyridine rings is 2. The molecule has 1 amide bonds. The smallest absolute Gasteiger partial charge is 0.293 e. The van der Waals surface area contributed by atoms with Crippen LogP contribution in [0.3, 0.4) is 0 Å². The number of nitrogens with one attached hydrogen (secondary N) is 2. The zero-order valence-electron chi connectivity index (χ0n) is 18.7. The summed E-state index contributed by atoms with van der Waals surface area (Å²) in [5.41, 5.74) is 2.10. The third-order valence-corrected chi connectivity index (χ3v) is 4.74. The summed E-state index contributed by atoms with van der Waals surface area (Å²) in [6.07, 6.45) is 4.19. The number of amides is 1. The lowest BCUT2D eigenvalue weighted by Gasteiger charge is -2.14. The number of hydrogen-bond acceptors (Lipinski definition) is 9. The van der Waals surface area contributed by atoms with Gasteiger partial charge in [0.25, 0.3) is 5.56 Å². The van der Waals surface area contributed by atoms with Crippen LogP contribution >= 0.6 is 0 Å². The molecule has 11 nitrogen and oxygen atoms in total. The van der Waals surface area contributed by atoms with Crippen molar-refractivity contribution in [2.75, 3.05) is 45.3 Å². The van der Waals surface area contributed by atoms with Crippen molar-refractivity contribution in [2.24, 2.45) is 0 Å². The highest BCUT2D eigenvalue weighted by Crippen LogP contribution is 2.23. The van der Waals surface area contributed by atoms with Gasteiger partial charge in [0.1, 0.15) is 0 Å². The summed E-state index contributed by atoms with van der Waals surface area (Å²) in [5.74, 6) is 0.153. The first kappa shape index (κ1) is 24.1. The number of ether oxygens (including phenoxy) is 2. The first-order valence-electron chi connectivity index (χ1n) is 10.7. The number of nitrogens with zero attached hydrogens (tertiary/aromatic N) is 4. The van der Waals surface area contributed by atoms with Gasteiger partial charge in [-0.25, -0.2) is 15.0 Å².